The van der Waals surface area contributed by atoms with Gasteiger partial charge in [-0.05, 0) is 61.1 Å². The van der Waals surface area contributed by atoms with Crippen LogP contribution in [0.3, 0.4) is 0 Å². The van der Waals surface area contributed by atoms with Crippen molar-refractivity contribution in [2.45, 2.75) is 33.8 Å². The van der Waals surface area contributed by atoms with Crippen molar-refractivity contribution < 1.29 is 5.11 Å². The number of benzene rings is 2. The maximum atomic E-state index is 10.7. The van der Waals surface area contributed by atoms with Crippen LogP contribution in [-0.2, 0) is 0 Å². The summed E-state index contributed by atoms with van der Waals surface area (Å²) in [6, 6.07) is 10.2. The zero-order chi connectivity index (χ0) is 14.2. The van der Waals surface area contributed by atoms with Gasteiger partial charge in [0, 0.05) is 4.47 Å². The van der Waals surface area contributed by atoms with Crippen molar-refractivity contribution in [2.24, 2.45) is 0 Å². The predicted octanol–water partition coefficient (Wildman–Crippen LogP) is 4.76. The summed E-state index contributed by atoms with van der Waals surface area (Å²) in [6.45, 7) is 8.26. The fourth-order valence-electron chi connectivity index (χ4n) is 2.33. The normalized spacial score (nSPS) is 12.5. The molecule has 1 N–H and O–H groups in total. The Kier molecular flexibility index (Phi) is 4.12. The standard InChI is InChI=1S/C17H19BrO/c1-10-6-5-7-14(16(10)18)17(19)15-9-12(3)11(2)8-13(15)4/h5-9,17,19H,1-4H3. The molecular weight excluding hydrogens is 300 g/mol. The second kappa shape index (κ2) is 5.48. The van der Waals surface area contributed by atoms with Gasteiger partial charge in [0.05, 0.1) is 0 Å². The van der Waals surface area contributed by atoms with Crippen LogP contribution in [0.15, 0.2) is 34.8 Å². The van der Waals surface area contributed by atoms with Crippen LogP contribution in [0.1, 0.15) is 39.5 Å². The molecule has 1 atom stereocenters. The maximum Gasteiger partial charge on any atom is 0.105 e. The van der Waals surface area contributed by atoms with Crippen molar-refractivity contribution in [3.63, 3.8) is 0 Å². The molecule has 0 aliphatic rings. The summed E-state index contributed by atoms with van der Waals surface area (Å²) in [7, 11) is 0. The molecule has 0 bridgehead atoms. The largest absolute Gasteiger partial charge is 0.384 e. The Bertz CT molecular complexity index is 617. The van der Waals surface area contributed by atoms with Crippen LogP contribution in [0.25, 0.3) is 0 Å². The summed E-state index contributed by atoms with van der Waals surface area (Å²) in [5.41, 5.74) is 6.64. The SMILES string of the molecule is Cc1cc(C)c(C(O)c2cccc(C)c2Br)cc1C. The van der Waals surface area contributed by atoms with E-state index in [1.54, 1.807) is 0 Å². The Morgan fingerprint density at radius 3 is 2.16 bits per heavy atom. The molecule has 100 valence electrons. The van der Waals surface area contributed by atoms with Gasteiger partial charge in [-0.25, -0.2) is 0 Å². The minimum atomic E-state index is -0.589. The van der Waals surface area contributed by atoms with Crippen LogP contribution in [0.4, 0.5) is 0 Å². The Morgan fingerprint density at radius 1 is 0.842 bits per heavy atom. The number of rotatable bonds is 2. The lowest BCUT2D eigenvalue weighted by Gasteiger charge is -2.18. The van der Waals surface area contributed by atoms with Crippen LogP contribution >= 0.6 is 15.9 Å². The highest BCUT2D eigenvalue weighted by molar-refractivity contribution is 9.10. The maximum absolute atomic E-state index is 10.7. The molecule has 0 saturated heterocycles. The summed E-state index contributed by atoms with van der Waals surface area (Å²) in [4.78, 5) is 0. The van der Waals surface area contributed by atoms with Crippen LogP contribution < -0.4 is 0 Å². The molecule has 0 aliphatic carbocycles. The molecule has 2 heteroatoms. The molecule has 2 rings (SSSR count). The molecule has 0 aliphatic heterocycles. The first-order chi connectivity index (χ1) is 8.91. The summed E-state index contributed by atoms with van der Waals surface area (Å²) >= 11 is 3.58. The third kappa shape index (κ3) is 2.75. The molecule has 2 aromatic carbocycles. The van der Waals surface area contributed by atoms with Gasteiger partial charge in [0.25, 0.3) is 0 Å². The average Bonchev–Trinajstić information content (AvgIpc) is 2.36. The first-order valence-corrected chi connectivity index (χ1v) is 7.22. The molecule has 0 radical (unpaired) electrons. The Hall–Kier alpha value is -1.12. The van der Waals surface area contributed by atoms with E-state index in [-0.39, 0.29) is 0 Å². The second-order valence-electron chi connectivity index (χ2n) is 5.17. The highest BCUT2D eigenvalue weighted by Gasteiger charge is 2.17. The van der Waals surface area contributed by atoms with E-state index in [0.29, 0.717) is 0 Å². The topological polar surface area (TPSA) is 20.2 Å². The van der Waals surface area contributed by atoms with Crippen molar-refractivity contribution in [3.05, 3.63) is 68.2 Å². The van der Waals surface area contributed by atoms with Gasteiger partial charge in [-0.1, -0.05) is 46.3 Å². The Balaban J connectivity index is 2.53. The minimum Gasteiger partial charge on any atom is -0.384 e. The number of halogens is 1. The van der Waals surface area contributed by atoms with Gasteiger partial charge in [-0.15, -0.1) is 0 Å². The predicted molar refractivity (Wildman–Crippen MR) is 83.6 cm³/mol. The molecule has 0 aromatic heterocycles. The van der Waals surface area contributed by atoms with Gasteiger partial charge in [0.2, 0.25) is 0 Å². The molecule has 19 heavy (non-hydrogen) atoms. The molecule has 0 spiro atoms. The van der Waals surface area contributed by atoms with E-state index in [1.807, 2.05) is 25.1 Å². The highest BCUT2D eigenvalue weighted by atomic mass is 79.9. The van der Waals surface area contributed by atoms with Crippen molar-refractivity contribution in [1.29, 1.82) is 0 Å². The molecule has 1 unspecified atom stereocenters. The molecule has 0 heterocycles. The number of hydrogen-bond acceptors (Lipinski definition) is 1. The monoisotopic (exact) mass is 318 g/mol. The minimum absolute atomic E-state index is 0.589. The van der Waals surface area contributed by atoms with Gasteiger partial charge in [0.15, 0.2) is 0 Å². The van der Waals surface area contributed by atoms with E-state index in [0.717, 1.165) is 26.7 Å². The van der Waals surface area contributed by atoms with Crippen molar-refractivity contribution >= 4 is 15.9 Å². The zero-order valence-corrected chi connectivity index (χ0v) is 13.4. The summed E-state index contributed by atoms with van der Waals surface area (Å²) in [5, 5.41) is 10.7. The quantitative estimate of drug-likeness (QED) is 0.846. The lowest BCUT2D eigenvalue weighted by molar-refractivity contribution is 0.218. The first-order valence-electron chi connectivity index (χ1n) is 6.42. The number of aryl methyl sites for hydroxylation is 4. The third-order valence-electron chi connectivity index (χ3n) is 3.69. The van der Waals surface area contributed by atoms with Gasteiger partial charge < -0.3 is 5.11 Å². The summed E-state index contributed by atoms with van der Waals surface area (Å²) < 4.78 is 0.986. The van der Waals surface area contributed by atoms with Crippen molar-refractivity contribution in [1.82, 2.24) is 0 Å². The van der Waals surface area contributed by atoms with Crippen molar-refractivity contribution in [3.8, 4) is 0 Å². The number of aliphatic hydroxyl groups is 1. The van der Waals surface area contributed by atoms with E-state index < -0.39 is 6.10 Å². The van der Waals surface area contributed by atoms with E-state index in [9.17, 15) is 5.11 Å². The van der Waals surface area contributed by atoms with E-state index in [1.165, 1.54) is 11.1 Å². The summed E-state index contributed by atoms with van der Waals surface area (Å²) in [6.07, 6.45) is -0.589. The van der Waals surface area contributed by atoms with E-state index >= 15 is 0 Å². The smallest absolute Gasteiger partial charge is 0.105 e. The van der Waals surface area contributed by atoms with Crippen molar-refractivity contribution in [2.75, 3.05) is 0 Å². The Labute approximate surface area is 123 Å². The van der Waals surface area contributed by atoms with Gasteiger partial charge >= 0.3 is 0 Å². The van der Waals surface area contributed by atoms with E-state index in [4.69, 9.17) is 0 Å². The molecule has 0 fully saturated rings. The van der Waals surface area contributed by atoms with E-state index in [2.05, 4.69) is 48.8 Å². The molecule has 0 saturated carbocycles. The lowest BCUT2D eigenvalue weighted by Crippen LogP contribution is -2.05. The molecule has 0 amide bonds. The lowest BCUT2D eigenvalue weighted by atomic mass is 9.93. The second-order valence-corrected chi connectivity index (χ2v) is 5.97. The van der Waals surface area contributed by atoms with Crippen LogP contribution in [0, 0.1) is 27.7 Å². The van der Waals surface area contributed by atoms with Gasteiger partial charge in [-0.2, -0.15) is 0 Å². The van der Waals surface area contributed by atoms with Crippen LogP contribution in [0.5, 0.6) is 0 Å². The molecular formula is C17H19BrO. The van der Waals surface area contributed by atoms with Crippen LogP contribution in [0.2, 0.25) is 0 Å². The summed E-state index contributed by atoms with van der Waals surface area (Å²) in [5.74, 6) is 0. The van der Waals surface area contributed by atoms with Crippen LogP contribution in [-0.4, -0.2) is 5.11 Å². The average molecular weight is 319 g/mol. The molecule has 1 nitrogen and oxygen atoms in total. The fourth-order valence-corrected chi connectivity index (χ4v) is 2.81. The number of hydrogen-bond donors (Lipinski definition) is 1. The first kappa shape index (κ1) is 14.3. The zero-order valence-electron chi connectivity index (χ0n) is 11.8. The fraction of sp³-hybridized carbons (Fsp3) is 0.294. The van der Waals surface area contributed by atoms with Gasteiger partial charge in [0.1, 0.15) is 6.10 Å². The third-order valence-corrected chi connectivity index (χ3v) is 4.78. The molecule has 2 aromatic rings. The van der Waals surface area contributed by atoms with Gasteiger partial charge in [-0.3, -0.25) is 0 Å². The Morgan fingerprint density at radius 2 is 1.47 bits per heavy atom. The highest BCUT2D eigenvalue weighted by Crippen LogP contribution is 2.33. The number of aliphatic hydroxyl groups excluding tert-OH is 1.